The van der Waals surface area contributed by atoms with Crippen molar-refractivity contribution >= 4 is 26.9 Å². The molecule has 0 aromatic rings. The first kappa shape index (κ1) is 11.2. The molecule has 0 saturated heterocycles. The summed E-state index contributed by atoms with van der Waals surface area (Å²) < 4.78 is 0.929. The van der Waals surface area contributed by atoms with Crippen LogP contribution in [0, 0.1) is 0 Å². The molecule has 0 heterocycles. The fraction of sp³-hybridized carbons (Fsp3) is 0.800. The third-order valence-electron chi connectivity index (χ3n) is 1.19. The van der Waals surface area contributed by atoms with Gasteiger partial charge in [0.05, 0.1) is 0 Å². The van der Waals surface area contributed by atoms with E-state index in [1.54, 1.807) is 2.89 Å². The summed E-state index contributed by atoms with van der Waals surface area (Å²) in [5.41, 5.74) is 0. The first-order chi connectivity index (χ1) is 5.20. The van der Waals surface area contributed by atoms with Gasteiger partial charge in [-0.15, -0.1) is 0 Å². The first-order valence-corrected chi connectivity index (χ1v) is 7.19. The first-order valence-electron chi connectivity index (χ1n) is 3.36. The summed E-state index contributed by atoms with van der Waals surface area (Å²) in [6.07, 6.45) is 0. The molecular formula is C5H12InNO4. The van der Waals surface area contributed by atoms with Gasteiger partial charge in [0, 0.05) is 0 Å². The number of carbonyl (C=O) groups is 1. The van der Waals surface area contributed by atoms with Gasteiger partial charge in [0.25, 0.3) is 0 Å². The third kappa shape index (κ3) is 6.61. The second-order valence-electron chi connectivity index (χ2n) is 2.12. The standard InChI is InChI=1S/C4H10NO2.CHO2.In.H/c6-3-1-5-2-4-7;2-1-3;;/h6-7H,1-4H2;(H,2,3);;/q-1;;+1;. The fourth-order valence-electron chi connectivity index (χ4n) is 0.744. The number of hydrogen-bond acceptors (Lipinski definition) is 4. The average Bonchev–Trinajstić information content (AvgIpc) is 1.87. The quantitative estimate of drug-likeness (QED) is 0.533. The van der Waals surface area contributed by atoms with Crippen LogP contribution in [-0.4, -0.2) is 71.4 Å². The summed E-state index contributed by atoms with van der Waals surface area (Å²) in [6.45, 7) is 0.681. The molecule has 0 aliphatic carbocycles. The Kier molecular flexibility index (Phi) is 7.04. The Morgan fingerprint density at radius 2 is 1.73 bits per heavy atom. The summed E-state index contributed by atoms with van der Waals surface area (Å²) in [6, 6.07) is 0. The molecule has 0 rings (SSSR count). The van der Waals surface area contributed by atoms with Crippen LogP contribution in [0.1, 0.15) is 0 Å². The molecule has 0 saturated carbocycles. The van der Waals surface area contributed by atoms with E-state index in [0.29, 0.717) is 13.1 Å². The van der Waals surface area contributed by atoms with E-state index in [1.165, 1.54) is 0 Å². The molecular weight excluding hydrogens is 253 g/mol. The van der Waals surface area contributed by atoms with Crippen molar-refractivity contribution in [3.63, 3.8) is 0 Å². The maximum absolute atomic E-state index is 10.2. The Bertz CT molecular complexity index is 115. The summed E-state index contributed by atoms with van der Waals surface area (Å²) in [7, 11) is 0. The van der Waals surface area contributed by atoms with Crippen LogP contribution in [0.4, 0.5) is 4.79 Å². The maximum atomic E-state index is 10.2. The van der Waals surface area contributed by atoms with Crippen molar-refractivity contribution in [3.05, 3.63) is 0 Å². The van der Waals surface area contributed by atoms with Gasteiger partial charge in [-0.2, -0.15) is 0 Å². The molecule has 0 radical (unpaired) electrons. The Morgan fingerprint density at radius 1 is 1.27 bits per heavy atom. The van der Waals surface area contributed by atoms with Gasteiger partial charge in [-0.3, -0.25) is 0 Å². The van der Waals surface area contributed by atoms with E-state index in [-0.39, 0.29) is 13.2 Å². The molecule has 6 heteroatoms. The number of carboxylic acid groups (broad SMARTS) is 1. The van der Waals surface area contributed by atoms with Gasteiger partial charge in [-0.1, -0.05) is 0 Å². The minimum absolute atomic E-state index is 0.0375. The summed E-state index contributed by atoms with van der Waals surface area (Å²) in [5, 5.41) is 25.4. The van der Waals surface area contributed by atoms with E-state index < -0.39 is 26.9 Å². The van der Waals surface area contributed by atoms with Gasteiger partial charge in [0.2, 0.25) is 0 Å². The molecule has 0 spiro atoms. The second kappa shape index (κ2) is 6.90. The zero-order valence-electron chi connectivity index (χ0n) is 6.23. The second-order valence-corrected chi connectivity index (χ2v) is 7.30. The van der Waals surface area contributed by atoms with Crippen LogP contribution in [0.2, 0.25) is 0 Å². The molecule has 0 fully saturated rings. The van der Waals surface area contributed by atoms with E-state index in [1.807, 2.05) is 0 Å². The third-order valence-corrected chi connectivity index (χ3v) is 5.04. The van der Waals surface area contributed by atoms with E-state index in [0.717, 1.165) is 0 Å². The molecule has 0 amide bonds. The van der Waals surface area contributed by atoms with Gasteiger partial charge in [0.1, 0.15) is 0 Å². The van der Waals surface area contributed by atoms with Crippen LogP contribution in [0.5, 0.6) is 0 Å². The van der Waals surface area contributed by atoms with Crippen molar-refractivity contribution in [1.82, 2.24) is 2.89 Å². The van der Waals surface area contributed by atoms with Crippen molar-refractivity contribution in [2.24, 2.45) is 0 Å². The number of hydrogen-bond donors (Lipinski definition) is 3. The Hall–Kier alpha value is 0.220. The van der Waals surface area contributed by atoms with Crippen LogP contribution < -0.4 is 0 Å². The summed E-state index contributed by atoms with van der Waals surface area (Å²) in [4.78, 5) is 10.2. The average molecular weight is 265 g/mol. The van der Waals surface area contributed by atoms with Crippen LogP contribution in [0.3, 0.4) is 0 Å². The number of nitrogens with zero attached hydrogens (tertiary/aromatic N) is 1. The molecule has 0 aromatic heterocycles. The van der Waals surface area contributed by atoms with Crippen LogP contribution in [0.25, 0.3) is 0 Å². The van der Waals surface area contributed by atoms with Gasteiger partial charge >= 0.3 is 76.2 Å². The monoisotopic (exact) mass is 265 g/mol. The van der Waals surface area contributed by atoms with Gasteiger partial charge in [0.15, 0.2) is 0 Å². The summed E-state index contributed by atoms with van der Waals surface area (Å²) in [5.74, 6) is 0. The zero-order valence-corrected chi connectivity index (χ0v) is 10.3. The Labute approximate surface area is 76.4 Å². The molecule has 5 nitrogen and oxygen atoms in total. The van der Waals surface area contributed by atoms with E-state index in [4.69, 9.17) is 15.3 Å². The molecule has 64 valence electrons. The zero-order chi connectivity index (χ0) is 8.69. The minimum atomic E-state index is -1.94. The van der Waals surface area contributed by atoms with E-state index in [2.05, 4.69) is 0 Å². The van der Waals surface area contributed by atoms with E-state index in [9.17, 15) is 4.79 Å². The van der Waals surface area contributed by atoms with Crippen LogP contribution in [0.15, 0.2) is 0 Å². The molecule has 0 bridgehead atoms. The van der Waals surface area contributed by atoms with Gasteiger partial charge in [-0.05, 0) is 0 Å². The van der Waals surface area contributed by atoms with Crippen molar-refractivity contribution in [3.8, 4) is 0 Å². The molecule has 11 heavy (non-hydrogen) atoms. The van der Waals surface area contributed by atoms with Gasteiger partial charge < -0.3 is 0 Å². The van der Waals surface area contributed by atoms with Crippen molar-refractivity contribution in [1.29, 1.82) is 0 Å². The van der Waals surface area contributed by atoms with Crippen LogP contribution in [-0.2, 0) is 0 Å². The molecule has 3 N–H and O–H groups in total. The molecule has 0 aliphatic rings. The number of aliphatic hydroxyl groups excluding tert-OH is 2. The number of rotatable bonds is 6. The van der Waals surface area contributed by atoms with Crippen molar-refractivity contribution < 1.29 is 20.1 Å². The predicted octanol–water partition coefficient (Wildman–Crippen LogP) is -1.70. The number of aliphatic hydroxyl groups is 2. The Morgan fingerprint density at radius 3 is 2.00 bits per heavy atom. The van der Waals surface area contributed by atoms with E-state index >= 15 is 0 Å². The normalized spacial score (nSPS) is 10.1. The topological polar surface area (TPSA) is 81.0 Å². The van der Waals surface area contributed by atoms with Crippen molar-refractivity contribution in [2.75, 3.05) is 26.3 Å². The molecule has 0 unspecified atom stereocenters. The fourth-order valence-corrected chi connectivity index (χ4v) is 3.55. The summed E-state index contributed by atoms with van der Waals surface area (Å²) >= 11 is -1.94. The predicted molar refractivity (Wildman–Crippen MR) is 40.9 cm³/mol. The molecule has 0 aliphatic heterocycles. The Balaban J connectivity index is 3.59. The molecule has 0 aromatic carbocycles. The van der Waals surface area contributed by atoms with Gasteiger partial charge in [-0.25, -0.2) is 0 Å². The molecule has 0 atom stereocenters. The van der Waals surface area contributed by atoms with Crippen LogP contribution >= 0.6 is 0 Å². The SMILES string of the molecule is O=[C](O)[InH][N](CCO)CCO. The van der Waals surface area contributed by atoms with Crippen molar-refractivity contribution in [2.45, 2.75) is 0 Å².